The summed E-state index contributed by atoms with van der Waals surface area (Å²) < 4.78 is 4.80. The highest BCUT2D eigenvalue weighted by Crippen LogP contribution is 2.08. The molecule has 0 aliphatic rings. The molecule has 2 amide bonds. The van der Waals surface area contributed by atoms with Crippen LogP contribution in [0.25, 0.3) is 0 Å². The Hall–Kier alpha value is -3.20. The Labute approximate surface area is 143 Å². The van der Waals surface area contributed by atoms with E-state index in [4.69, 9.17) is 4.74 Å². The van der Waals surface area contributed by atoms with Crippen molar-refractivity contribution < 1.29 is 19.4 Å². The van der Waals surface area contributed by atoms with Gasteiger partial charge in [0.15, 0.2) is 11.5 Å². The minimum absolute atomic E-state index is 0.183. The van der Waals surface area contributed by atoms with Gasteiger partial charge in [0.1, 0.15) is 0 Å². The van der Waals surface area contributed by atoms with Gasteiger partial charge in [-0.2, -0.15) is 0 Å². The summed E-state index contributed by atoms with van der Waals surface area (Å²) in [5.41, 5.74) is -0.661. The number of aromatic hydroxyl groups is 1. The Kier molecular flexibility index (Phi) is 6.24. The van der Waals surface area contributed by atoms with Gasteiger partial charge in [-0.05, 0) is 5.56 Å². The highest BCUT2D eigenvalue weighted by Gasteiger charge is 2.20. The molecule has 9 nitrogen and oxygen atoms in total. The topological polar surface area (TPSA) is 133 Å². The van der Waals surface area contributed by atoms with Gasteiger partial charge < -0.3 is 20.5 Å². The number of carbonyl (C=O) groups excluding carboxylic acids is 2. The predicted octanol–water partition coefficient (Wildman–Crippen LogP) is -0.218. The first kappa shape index (κ1) is 18.1. The van der Waals surface area contributed by atoms with Gasteiger partial charge in [-0.25, -0.2) is 4.98 Å². The fraction of sp³-hybridized carbons (Fsp3) is 0.250. The summed E-state index contributed by atoms with van der Waals surface area (Å²) in [4.78, 5) is 41.7. The number of aromatic nitrogens is 2. The van der Waals surface area contributed by atoms with Crippen LogP contribution in [0.15, 0.2) is 35.1 Å². The van der Waals surface area contributed by atoms with Crippen LogP contribution in [0.4, 0.5) is 0 Å². The van der Waals surface area contributed by atoms with E-state index >= 15 is 0 Å². The monoisotopic (exact) mass is 346 g/mol. The van der Waals surface area contributed by atoms with E-state index in [1.165, 1.54) is 7.11 Å². The molecule has 1 aromatic heterocycles. The highest BCUT2D eigenvalue weighted by molar-refractivity contribution is 5.97. The highest BCUT2D eigenvalue weighted by atomic mass is 16.5. The molecule has 0 atom stereocenters. The lowest BCUT2D eigenvalue weighted by atomic mass is 10.2. The van der Waals surface area contributed by atoms with Crippen molar-refractivity contribution in [3.05, 3.63) is 57.8 Å². The molecule has 0 saturated heterocycles. The number of methoxy groups -OCH3 is 1. The van der Waals surface area contributed by atoms with Crippen molar-refractivity contribution in [2.75, 3.05) is 20.3 Å². The molecular weight excluding hydrogens is 328 g/mol. The first-order chi connectivity index (χ1) is 12.0. The van der Waals surface area contributed by atoms with Crippen molar-refractivity contribution in [2.45, 2.75) is 6.54 Å². The van der Waals surface area contributed by atoms with E-state index in [0.717, 1.165) is 5.56 Å². The van der Waals surface area contributed by atoms with Crippen LogP contribution in [-0.2, 0) is 11.3 Å². The quantitative estimate of drug-likeness (QED) is 0.512. The molecule has 132 valence electrons. The largest absolute Gasteiger partial charge is 0.501 e. The molecule has 1 heterocycles. The molecule has 1 aromatic carbocycles. The number of aromatic amines is 1. The molecule has 25 heavy (non-hydrogen) atoms. The van der Waals surface area contributed by atoms with Crippen LogP contribution < -0.4 is 16.2 Å². The predicted molar refractivity (Wildman–Crippen MR) is 88.3 cm³/mol. The van der Waals surface area contributed by atoms with E-state index in [2.05, 4.69) is 20.6 Å². The summed E-state index contributed by atoms with van der Waals surface area (Å²) in [5, 5.41) is 14.8. The van der Waals surface area contributed by atoms with Gasteiger partial charge in [0.05, 0.1) is 6.61 Å². The zero-order valence-corrected chi connectivity index (χ0v) is 13.5. The standard InChI is InChI=1S/C16H18N4O5/c1-25-8-7-17-16(24)13-19-11(12(21)15(23)20-13)14(22)18-9-10-5-3-2-4-6-10/h2-6,21H,7-9H2,1H3,(H,17,24)(H,18,22)(H,19,20,23). The SMILES string of the molecule is COCCNC(=O)c1nc(C(=O)NCc2ccccc2)c(O)c(=O)[nH]1. The number of carbonyl (C=O) groups is 2. The summed E-state index contributed by atoms with van der Waals surface area (Å²) in [6.45, 7) is 0.664. The average Bonchev–Trinajstić information content (AvgIpc) is 2.62. The number of amides is 2. The summed E-state index contributed by atoms with van der Waals surface area (Å²) >= 11 is 0. The molecule has 0 spiro atoms. The van der Waals surface area contributed by atoms with Crippen LogP contribution >= 0.6 is 0 Å². The second kappa shape index (κ2) is 8.60. The van der Waals surface area contributed by atoms with E-state index < -0.39 is 28.8 Å². The van der Waals surface area contributed by atoms with Crippen LogP contribution in [0.3, 0.4) is 0 Å². The van der Waals surface area contributed by atoms with Gasteiger partial charge >= 0.3 is 0 Å². The second-order valence-electron chi connectivity index (χ2n) is 5.03. The lowest BCUT2D eigenvalue weighted by Crippen LogP contribution is -2.33. The second-order valence-corrected chi connectivity index (χ2v) is 5.03. The average molecular weight is 346 g/mol. The van der Waals surface area contributed by atoms with Crippen molar-refractivity contribution in [1.82, 2.24) is 20.6 Å². The van der Waals surface area contributed by atoms with Crippen LogP contribution in [0.2, 0.25) is 0 Å². The lowest BCUT2D eigenvalue weighted by Gasteiger charge is -2.08. The van der Waals surface area contributed by atoms with E-state index in [0.29, 0.717) is 0 Å². The van der Waals surface area contributed by atoms with E-state index in [9.17, 15) is 19.5 Å². The van der Waals surface area contributed by atoms with Gasteiger partial charge in [0, 0.05) is 20.2 Å². The zero-order chi connectivity index (χ0) is 18.2. The Morgan fingerprint density at radius 2 is 1.92 bits per heavy atom. The van der Waals surface area contributed by atoms with Gasteiger partial charge in [-0.15, -0.1) is 0 Å². The summed E-state index contributed by atoms with van der Waals surface area (Å²) in [7, 11) is 1.47. The van der Waals surface area contributed by atoms with Crippen molar-refractivity contribution in [3.8, 4) is 5.75 Å². The maximum Gasteiger partial charge on any atom is 0.294 e. The van der Waals surface area contributed by atoms with Crippen molar-refractivity contribution in [3.63, 3.8) is 0 Å². The van der Waals surface area contributed by atoms with Crippen molar-refractivity contribution >= 4 is 11.8 Å². The first-order valence-electron chi connectivity index (χ1n) is 7.45. The molecule has 0 aliphatic heterocycles. The molecule has 2 rings (SSSR count). The number of hydrogen-bond acceptors (Lipinski definition) is 6. The maximum absolute atomic E-state index is 12.2. The number of nitrogens with zero attached hydrogens (tertiary/aromatic N) is 1. The molecule has 4 N–H and O–H groups in total. The molecule has 2 aromatic rings. The Bertz CT molecular complexity index is 804. The number of ether oxygens (including phenoxy) is 1. The fourth-order valence-electron chi connectivity index (χ4n) is 1.95. The van der Waals surface area contributed by atoms with Crippen molar-refractivity contribution in [2.24, 2.45) is 0 Å². The number of rotatable bonds is 7. The summed E-state index contributed by atoms with van der Waals surface area (Å²) in [5.74, 6) is -2.67. The van der Waals surface area contributed by atoms with Crippen LogP contribution in [0, 0.1) is 0 Å². The van der Waals surface area contributed by atoms with Gasteiger partial charge in [0.25, 0.3) is 17.4 Å². The summed E-state index contributed by atoms with van der Waals surface area (Å²) in [6.07, 6.45) is 0. The smallest absolute Gasteiger partial charge is 0.294 e. The van der Waals surface area contributed by atoms with Crippen molar-refractivity contribution in [1.29, 1.82) is 0 Å². The Balaban J connectivity index is 2.14. The number of nitrogens with one attached hydrogen (secondary N) is 3. The molecule has 0 fully saturated rings. The van der Waals surface area contributed by atoms with E-state index in [1.54, 1.807) is 12.1 Å². The van der Waals surface area contributed by atoms with Gasteiger partial charge in [-0.1, -0.05) is 30.3 Å². The third kappa shape index (κ3) is 4.88. The van der Waals surface area contributed by atoms with Gasteiger partial charge in [0.2, 0.25) is 5.75 Å². The molecule has 0 aliphatic carbocycles. The van der Waals surface area contributed by atoms with Crippen LogP contribution in [0.1, 0.15) is 26.7 Å². The van der Waals surface area contributed by atoms with E-state index in [1.807, 2.05) is 18.2 Å². The molecule has 0 bridgehead atoms. The molecule has 0 radical (unpaired) electrons. The molecule has 0 unspecified atom stereocenters. The minimum atomic E-state index is -0.975. The first-order valence-corrected chi connectivity index (χ1v) is 7.45. The number of hydrogen-bond donors (Lipinski definition) is 4. The van der Waals surface area contributed by atoms with Crippen LogP contribution in [-0.4, -0.2) is 47.2 Å². The maximum atomic E-state index is 12.2. The third-order valence-electron chi connectivity index (χ3n) is 3.21. The Morgan fingerprint density at radius 3 is 2.60 bits per heavy atom. The number of benzene rings is 1. The molecule has 0 saturated carbocycles. The Morgan fingerprint density at radius 1 is 1.20 bits per heavy atom. The lowest BCUT2D eigenvalue weighted by molar-refractivity contribution is 0.0924. The van der Waals surface area contributed by atoms with E-state index in [-0.39, 0.29) is 25.5 Å². The van der Waals surface area contributed by atoms with Crippen LogP contribution in [0.5, 0.6) is 5.75 Å². The summed E-state index contributed by atoms with van der Waals surface area (Å²) in [6, 6.07) is 9.07. The molecular formula is C16H18N4O5. The molecule has 9 heteroatoms. The van der Waals surface area contributed by atoms with Gasteiger partial charge in [-0.3, -0.25) is 19.4 Å². The third-order valence-corrected chi connectivity index (χ3v) is 3.21. The normalized spacial score (nSPS) is 10.3. The number of H-pyrrole nitrogens is 1. The fourth-order valence-corrected chi connectivity index (χ4v) is 1.95. The zero-order valence-electron chi connectivity index (χ0n) is 13.5. The minimum Gasteiger partial charge on any atom is -0.501 e.